The monoisotopic (exact) mass is 1720 g/mol. The smallest absolute Gasteiger partial charge is 0.339 e. The highest BCUT2D eigenvalue weighted by atomic mass is 32.2. The van der Waals surface area contributed by atoms with Crippen molar-refractivity contribution in [3.63, 3.8) is 0 Å². The van der Waals surface area contributed by atoms with Gasteiger partial charge in [0.05, 0.1) is 11.1 Å². The molecule has 0 fully saturated rings. The zero-order chi connectivity index (χ0) is 86.5. The quantitative estimate of drug-likeness (QED) is 0.0226. The molecule has 644 valence electrons. The maximum atomic E-state index is 15.6. The highest BCUT2D eigenvalue weighted by molar-refractivity contribution is 7.88. The van der Waals surface area contributed by atoms with E-state index in [-0.39, 0.29) is 172 Å². The number of fused-ring (bicyclic) bond motifs is 8. The molecular formula is C99H118N2O16S4. The van der Waals surface area contributed by atoms with Crippen LogP contribution in [0.5, 0.6) is 46.0 Å². The van der Waals surface area contributed by atoms with Crippen LogP contribution in [-0.2, 0) is 53.6 Å². The van der Waals surface area contributed by atoms with Crippen LogP contribution in [0.2, 0.25) is 0 Å². The molecule has 4 N–H and O–H groups in total. The van der Waals surface area contributed by atoms with Gasteiger partial charge >= 0.3 is 40.5 Å². The van der Waals surface area contributed by atoms with Crippen molar-refractivity contribution < 1.29 is 70.8 Å². The zero-order valence-corrected chi connectivity index (χ0v) is 74.7. The molecule has 0 saturated heterocycles. The van der Waals surface area contributed by atoms with Crippen LogP contribution in [0.1, 0.15) is 288 Å². The Labute approximate surface area is 718 Å². The first-order valence-corrected chi connectivity index (χ1v) is 48.7. The summed E-state index contributed by atoms with van der Waals surface area (Å²) in [5.41, 5.74) is 6.49. The minimum absolute atomic E-state index is 0.0834. The Morgan fingerprint density at radius 3 is 0.777 bits per heavy atom. The van der Waals surface area contributed by atoms with E-state index in [1.54, 1.807) is 72.8 Å². The van der Waals surface area contributed by atoms with E-state index in [2.05, 4.69) is 23.6 Å². The number of aromatic hydroxyl groups is 4. The summed E-state index contributed by atoms with van der Waals surface area (Å²) in [6.45, 7) is 20.3. The van der Waals surface area contributed by atoms with Gasteiger partial charge in [-0.25, -0.2) is 0 Å². The highest BCUT2D eigenvalue weighted by Gasteiger charge is 2.41. The molecule has 10 aromatic carbocycles. The van der Waals surface area contributed by atoms with Crippen molar-refractivity contribution in [3.8, 4) is 46.0 Å². The summed E-state index contributed by atoms with van der Waals surface area (Å²) in [5.74, 6) is -7.41. The largest absolute Gasteiger partial charge is 0.507 e. The lowest BCUT2D eigenvalue weighted by atomic mass is 9.75. The van der Waals surface area contributed by atoms with Crippen LogP contribution in [0.15, 0.2) is 214 Å². The van der Waals surface area contributed by atoms with Crippen molar-refractivity contribution in [2.24, 2.45) is 0 Å². The maximum absolute atomic E-state index is 15.6. The van der Waals surface area contributed by atoms with Gasteiger partial charge in [0, 0.05) is 105 Å². The predicted molar refractivity (Wildman–Crippen MR) is 477 cm³/mol. The summed E-state index contributed by atoms with van der Waals surface area (Å²) in [7, 11) is -19.6. The van der Waals surface area contributed by atoms with Gasteiger partial charge in [-0.15, -0.1) is 0 Å². The Morgan fingerprint density at radius 2 is 0.545 bits per heavy atom. The van der Waals surface area contributed by atoms with E-state index in [1.165, 1.54) is 60.7 Å². The fourth-order valence-electron chi connectivity index (χ4n) is 17.2. The van der Waals surface area contributed by atoms with Crippen LogP contribution in [-0.4, -0.2) is 77.0 Å². The molecule has 0 saturated carbocycles. The lowest BCUT2D eigenvalue weighted by molar-refractivity contribution is 0.178. The molecule has 0 spiro atoms. The number of hydrogen-bond acceptors (Lipinski definition) is 18. The number of unbranched alkanes of at least 4 members (excludes halogenated alkanes) is 8. The summed E-state index contributed by atoms with van der Waals surface area (Å²) in [4.78, 5) is 3.52. The molecule has 2 heterocycles. The Kier molecular flexibility index (Phi) is 30.0. The maximum Gasteiger partial charge on any atom is 0.339 e. The number of phenolic OH excluding ortho intramolecular Hbond substituents is 4. The minimum atomic E-state index is -4.91. The van der Waals surface area contributed by atoms with Gasteiger partial charge in [0.2, 0.25) is 0 Å². The van der Waals surface area contributed by atoms with E-state index in [0.717, 1.165) is 33.4 Å². The van der Waals surface area contributed by atoms with E-state index in [4.69, 9.17) is 16.7 Å². The molecule has 18 nitrogen and oxygen atoms in total. The lowest BCUT2D eigenvalue weighted by Gasteiger charge is -2.34. The molecule has 121 heavy (non-hydrogen) atoms. The molecule has 1 aliphatic carbocycles. The molecule has 0 aromatic heterocycles. The number of nitrogens with zero attached hydrogens (tertiary/aromatic N) is 2. The topological polar surface area (TPSA) is 261 Å². The molecule has 22 heteroatoms. The number of benzene rings is 10. The minimum Gasteiger partial charge on any atom is -0.507 e. The lowest BCUT2D eigenvalue weighted by Crippen LogP contribution is -2.30. The van der Waals surface area contributed by atoms with Crippen LogP contribution in [0.4, 0.5) is 0 Å². The Balaban J connectivity index is 1.34. The Bertz CT molecular complexity index is 5070. The van der Waals surface area contributed by atoms with Crippen LogP contribution in [0, 0.1) is 27.7 Å². The van der Waals surface area contributed by atoms with Crippen LogP contribution in [0.25, 0.3) is 0 Å². The second-order valence-electron chi connectivity index (χ2n) is 33.1. The Morgan fingerprint density at radius 1 is 0.314 bits per heavy atom. The van der Waals surface area contributed by atoms with Crippen LogP contribution < -0.4 is 16.7 Å². The number of phenols is 4. The fraction of sp³-hybridized carbons (Fsp3) is 0.394. The van der Waals surface area contributed by atoms with Crippen LogP contribution in [0.3, 0.4) is 0 Å². The molecule has 10 aromatic rings. The highest BCUT2D eigenvalue weighted by Crippen LogP contribution is 2.57. The molecule has 6 unspecified atom stereocenters. The van der Waals surface area contributed by atoms with Gasteiger partial charge in [0.1, 0.15) is 42.6 Å². The Hall–Kier alpha value is -9.68. The van der Waals surface area contributed by atoms with Crippen molar-refractivity contribution >= 4 is 40.5 Å². The number of aryl methyl sites for hydroxylation is 4. The van der Waals surface area contributed by atoms with Gasteiger partial charge in [-0.2, -0.15) is 33.7 Å². The van der Waals surface area contributed by atoms with Crippen molar-refractivity contribution in [2.75, 3.05) is 13.1 Å². The van der Waals surface area contributed by atoms with Gasteiger partial charge in [-0.3, -0.25) is 9.80 Å². The summed E-state index contributed by atoms with van der Waals surface area (Å²) in [6.07, 6.45) is 9.56. The van der Waals surface area contributed by atoms with Crippen LogP contribution >= 0.6 is 0 Å². The SMILES string of the molecule is CCCCCC1c2cc(c(OS(=O)(=O)c3ccc(C)cc3)cc2OS(=O)(=O)c2ccc(C)cc2)C(CCCCC)c2cc3c(O)c(c2O)CN(C(C)c2ccccc2)CCCCCN(C(C)c2ccccc2)Cc2c(O)c1cc(c2O)C(CCCCC)c1cc(c(OS(=O)(=O)c2ccc(C)cc2)cc1OS(=O)(=O)c1ccc(C)cc1)C3CCCCC. The van der Waals surface area contributed by atoms with Gasteiger partial charge in [-0.05, 0) is 177 Å². The predicted octanol–water partition coefficient (Wildman–Crippen LogP) is 23.3. The fourth-order valence-corrected chi connectivity index (χ4v) is 21.0. The van der Waals surface area contributed by atoms with E-state index < -0.39 is 64.1 Å². The standard InChI is InChI=1S/C99H118N2O16S4/c1-11-15-22-36-78-82-58-83(93(115-119(108,109)75-50-42-67(6)43-51-75)62-92(82)114-118(106,107)74-48-40-66(5)41-49-74)79(37-23-16-12-2)88-61-89-81(39-25-18-14-4)85-59-84(94(116-120(110,111)76-52-44-68(7)45-53-76)63-95(85)117-121(112,113)77-54-46-69(8)47-55-77)80(38-24-17-13-3)87-60-86(78)96(102)90(97(87)103)64-100(70(9)72-32-26-19-27-33-72)56-30-21-31-57-101(65-91(98(88)104)99(89)105)71(10)73-34-28-20-29-35-73/h19-20,26-29,32-35,40-55,58-63,70-71,78-81,102-105H,11-18,21-25,30-31,36-39,56-57,64-65H2,1-10H3. The van der Waals surface area contributed by atoms with E-state index in [0.29, 0.717) is 109 Å². The summed E-state index contributed by atoms with van der Waals surface area (Å²) >= 11 is 0. The van der Waals surface area contributed by atoms with Gasteiger partial charge in [0.15, 0.2) is 23.0 Å². The van der Waals surface area contributed by atoms with Gasteiger partial charge < -0.3 is 37.2 Å². The second kappa shape index (κ2) is 40.1. The van der Waals surface area contributed by atoms with E-state index in [9.17, 15) is 20.4 Å². The molecule has 0 radical (unpaired) electrons. The van der Waals surface area contributed by atoms with E-state index in [1.807, 2.05) is 116 Å². The van der Waals surface area contributed by atoms with Gasteiger partial charge in [-0.1, -0.05) is 243 Å². The third-order valence-corrected chi connectivity index (χ3v) is 29.3. The average Bonchev–Trinajstić information content (AvgIpc) is 0.376. The second-order valence-corrected chi connectivity index (χ2v) is 39.3. The molecule has 2 aliphatic heterocycles. The summed E-state index contributed by atoms with van der Waals surface area (Å²) in [5, 5.41) is 57.3. The first-order valence-electron chi connectivity index (χ1n) is 43.1. The first-order chi connectivity index (χ1) is 58.0. The average molecular weight is 1720 g/mol. The van der Waals surface area contributed by atoms with Crippen molar-refractivity contribution in [3.05, 3.63) is 283 Å². The number of rotatable bonds is 32. The molecule has 3 aliphatic rings. The van der Waals surface area contributed by atoms with E-state index >= 15 is 33.7 Å². The van der Waals surface area contributed by atoms with Crippen molar-refractivity contribution in [1.29, 1.82) is 0 Å². The molecule has 6 atom stereocenters. The molecule has 0 amide bonds. The summed E-state index contributed by atoms with van der Waals surface area (Å²) in [6, 6.07) is 53.0. The third-order valence-electron chi connectivity index (χ3n) is 24.3. The first kappa shape index (κ1) is 90.5. The third kappa shape index (κ3) is 21.3. The normalized spacial score (nSPS) is 16.9. The number of hydrogen-bond donors (Lipinski definition) is 4. The van der Waals surface area contributed by atoms with Crippen molar-refractivity contribution in [2.45, 2.75) is 260 Å². The molecular weight excluding hydrogens is 1600 g/mol. The zero-order valence-electron chi connectivity index (χ0n) is 71.4. The molecule has 10 bridgehead atoms. The summed E-state index contributed by atoms with van der Waals surface area (Å²) < 4.78 is 152. The van der Waals surface area contributed by atoms with Crippen molar-refractivity contribution in [1.82, 2.24) is 9.80 Å². The molecule has 13 rings (SSSR count). The van der Waals surface area contributed by atoms with Gasteiger partial charge in [0.25, 0.3) is 0 Å².